The van der Waals surface area contributed by atoms with Crippen molar-refractivity contribution in [2.75, 3.05) is 7.11 Å². The number of furan rings is 1. The molecule has 0 spiro atoms. The number of nitrogens with zero attached hydrogens (tertiary/aromatic N) is 3. The van der Waals surface area contributed by atoms with Crippen molar-refractivity contribution in [2.24, 2.45) is 5.10 Å². The summed E-state index contributed by atoms with van der Waals surface area (Å²) in [6.07, 6.45) is 1.56. The average molecular weight is 649 g/mol. The molecule has 204 valence electrons. The number of benzene rings is 4. The first-order valence-corrected chi connectivity index (χ1v) is 13.9. The third kappa shape index (κ3) is 5.59. The third-order valence-corrected chi connectivity index (χ3v) is 7.57. The van der Waals surface area contributed by atoms with Crippen LogP contribution in [0.15, 0.2) is 104 Å². The molecule has 0 saturated heterocycles. The lowest BCUT2D eigenvalue weighted by molar-refractivity contribution is 0.284. The lowest BCUT2D eigenvalue weighted by Crippen LogP contribution is -2.20. The van der Waals surface area contributed by atoms with E-state index in [1.165, 1.54) is 4.68 Å². The van der Waals surface area contributed by atoms with E-state index in [2.05, 4.69) is 21.0 Å². The second-order valence-corrected chi connectivity index (χ2v) is 10.8. The molecular formula is C31H20BrCl2N3O4. The maximum Gasteiger partial charge on any atom is 0.282 e. The van der Waals surface area contributed by atoms with Crippen LogP contribution in [0.1, 0.15) is 11.1 Å². The van der Waals surface area contributed by atoms with Gasteiger partial charge >= 0.3 is 0 Å². The van der Waals surface area contributed by atoms with Crippen molar-refractivity contribution >= 4 is 67.2 Å². The van der Waals surface area contributed by atoms with Gasteiger partial charge in [-0.2, -0.15) is 9.78 Å². The topological polar surface area (TPSA) is 78.9 Å². The first-order valence-electron chi connectivity index (χ1n) is 12.4. The summed E-state index contributed by atoms with van der Waals surface area (Å²) < 4.78 is 19.7. The Morgan fingerprint density at radius 2 is 1.83 bits per heavy atom. The van der Waals surface area contributed by atoms with Crippen LogP contribution in [-0.4, -0.2) is 23.0 Å². The van der Waals surface area contributed by atoms with Gasteiger partial charge in [0.05, 0.1) is 34.3 Å². The zero-order chi connectivity index (χ0) is 28.5. The molecule has 0 N–H and O–H groups in total. The lowest BCUT2D eigenvalue weighted by Gasteiger charge is -2.12. The Bertz CT molecular complexity index is 2020. The van der Waals surface area contributed by atoms with Crippen LogP contribution >= 0.6 is 39.1 Å². The summed E-state index contributed by atoms with van der Waals surface area (Å²) >= 11 is 15.6. The summed E-state index contributed by atoms with van der Waals surface area (Å²) in [5, 5.41) is 6.78. The summed E-state index contributed by atoms with van der Waals surface area (Å²) in [7, 11) is 1.55. The second-order valence-electron chi connectivity index (χ2n) is 9.05. The third-order valence-electron chi connectivity index (χ3n) is 6.34. The van der Waals surface area contributed by atoms with Gasteiger partial charge in [0.2, 0.25) is 5.82 Å². The van der Waals surface area contributed by atoms with Gasteiger partial charge in [0.1, 0.15) is 12.2 Å². The van der Waals surface area contributed by atoms with E-state index < -0.39 is 0 Å². The minimum atomic E-state index is -0.322. The summed E-state index contributed by atoms with van der Waals surface area (Å²) in [6.45, 7) is 0.274. The molecule has 0 aliphatic rings. The summed E-state index contributed by atoms with van der Waals surface area (Å²) in [6, 6.07) is 25.3. The predicted molar refractivity (Wildman–Crippen MR) is 166 cm³/mol. The van der Waals surface area contributed by atoms with E-state index >= 15 is 0 Å². The van der Waals surface area contributed by atoms with E-state index in [4.69, 9.17) is 42.1 Å². The molecule has 0 aliphatic heterocycles. The monoisotopic (exact) mass is 647 g/mol. The molecule has 2 aromatic heterocycles. The number of hydrogen-bond acceptors (Lipinski definition) is 6. The maximum atomic E-state index is 13.6. The molecular weight excluding hydrogens is 629 g/mol. The van der Waals surface area contributed by atoms with Crippen LogP contribution in [0.3, 0.4) is 0 Å². The van der Waals surface area contributed by atoms with Crippen LogP contribution in [-0.2, 0) is 6.61 Å². The number of ether oxygens (including phenoxy) is 2. The molecule has 0 bridgehead atoms. The van der Waals surface area contributed by atoms with E-state index in [0.717, 1.165) is 15.4 Å². The van der Waals surface area contributed by atoms with Gasteiger partial charge in [0, 0.05) is 9.86 Å². The highest BCUT2D eigenvalue weighted by molar-refractivity contribution is 9.10. The highest BCUT2D eigenvalue weighted by Crippen LogP contribution is 2.31. The Balaban J connectivity index is 1.35. The summed E-state index contributed by atoms with van der Waals surface area (Å²) in [5.41, 5.74) is 2.44. The molecule has 0 fully saturated rings. The van der Waals surface area contributed by atoms with E-state index in [-0.39, 0.29) is 18.0 Å². The Hall–Kier alpha value is -4.11. The predicted octanol–water partition coefficient (Wildman–Crippen LogP) is 8.35. The lowest BCUT2D eigenvalue weighted by atomic mass is 10.2. The van der Waals surface area contributed by atoms with Gasteiger partial charge in [0.25, 0.3) is 5.56 Å². The Morgan fingerprint density at radius 3 is 2.66 bits per heavy atom. The Labute approximate surface area is 252 Å². The van der Waals surface area contributed by atoms with E-state index in [0.29, 0.717) is 49.4 Å². The van der Waals surface area contributed by atoms with Gasteiger partial charge < -0.3 is 13.9 Å². The van der Waals surface area contributed by atoms with E-state index in [1.807, 2.05) is 42.5 Å². The molecule has 41 heavy (non-hydrogen) atoms. The van der Waals surface area contributed by atoms with Crippen LogP contribution in [0.4, 0.5) is 0 Å². The van der Waals surface area contributed by atoms with Crippen molar-refractivity contribution in [3.05, 3.63) is 121 Å². The molecule has 6 aromatic rings. The molecule has 6 rings (SSSR count). The normalized spacial score (nSPS) is 11.5. The second kappa shape index (κ2) is 11.4. The molecule has 2 heterocycles. The fourth-order valence-electron chi connectivity index (χ4n) is 4.31. The van der Waals surface area contributed by atoms with Crippen molar-refractivity contribution in [1.82, 2.24) is 9.66 Å². The summed E-state index contributed by atoms with van der Waals surface area (Å²) in [5.74, 6) is 1.74. The molecule has 0 amide bonds. The number of halogens is 3. The molecule has 7 nitrogen and oxygen atoms in total. The Morgan fingerprint density at radius 1 is 0.976 bits per heavy atom. The van der Waals surface area contributed by atoms with Crippen LogP contribution in [0, 0.1) is 0 Å². The van der Waals surface area contributed by atoms with Gasteiger partial charge in [-0.05, 0) is 77.9 Å². The van der Waals surface area contributed by atoms with Gasteiger partial charge in [-0.15, -0.1) is 0 Å². The average Bonchev–Trinajstić information content (AvgIpc) is 3.40. The van der Waals surface area contributed by atoms with Crippen LogP contribution < -0.4 is 15.0 Å². The number of hydrogen-bond donors (Lipinski definition) is 0. The SMILES string of the molecule is COc1cc(C=Nn2c(-c3cc4cc(Br)ccc4o3)nc3ccccc3c2=O)ccc1OCc1ccc(Cl)c(Cl)c1. The van der Waals surface area contributed by atoms with Crippen molar-refractivity contribution in [2.45, 2.75) is 6.61 Å². The number of para-hydroxylation sites is 1. The fourth-order valence-corrected chi connectivity index (χ4v) is 5.01. The number of methoxy groups -OCH3 is 1. The van der Waals surface area contributed by atoms with Crippen molar-refractivity contribution in [3.8, 4) is 23.1 Å². The highest BCUT2D eigenvalue weighted by Gasteiger charge is 2.17. The van der Waals surface area contributed by atoms with Crippen LogP contribution in [0.2, 0.25) is 10.0 Å². The van der Waals surface area contributed by atoms with Crippen LogP contribution in [0.25, 0.3) is 33.5 Å². The zero-order valence-electron chi connectivity index (χ0n) is 21.5. The quantitative estimate of drug-likeness (QED) is 0.163. The molecule has 10 heteroatoms. The fraction of sp³-hybridized carbons (Fsp3) is 0.0645. The number of fused-ring (bicyclic) bond motifs is 2. The smallest absolute Gasteiger partial charge is 0.282 e. The van der Waals surface area contributed by atoms with Crippen molar-refractivity contribution < 1.29 is 13.9 Å². The largest absolute Gasteiger partial charge is 0.493 e. The van der Waals surface area contributed by atoms with E-state index in [9.17, 15) is 4.79 Å². The summed E-state index contributed by atoms with van der Waals surface area (Å²) in [4.78, 5) is 18.3. The van der Waals surface area contributed by atoms with Crippen LogP contribution in [0.5, 0.6) is 11.5 Å². The van der Waals surface area contributed by atoms with Gasteiger partial charge in [-0.3, -0.25) is 4.79 Å². The molecule has 0 unspecified atom stereocenters. The molecule has 0 saturated carbocycles. The zero-order valence-corrected chi connectivity index (χ0v) is 24.6. The number of rotatable bonds is 7. The maximum absolute atomic E-state index is 13.6. The van der Waals surface area contributed by atoms with Gasteiger partial charge in [-0.25, -0.2) is 4.98 Å². The first kappa shape index (κ1) is 27.1. The Kier molecular flexibility index (Phi) is 7.53. The molecule has 4 aromatic carbocycles. The van der Waals surface area contributed by atoms with Crippen molar-refractivity contribution in [1.29, 1.82) is 0 Å². The molecule has 0 aliphatic carbocycles. The van der Waals surface area contributed by atoms with Gasteiger partial charge in [0.15, 0.2) is 17.3 Å². The number of aromatic nitrogens is 2. The molecule has 0 atom stereocenters. The first-order chi connectivity index (χ1) is 19.9. The standard InChI is InChI=1S/C31H20BrCl2N3O4/c1-39-28-13-18(7-10-27(28)40-17-19-6-9-23(33)24(34)12-19)16-35-37-30(36-25-5-3-2-4-22(25)31(37)38)29-15-20-14-21(32)8-11-26(20)41-29/h2-16H,17H2,1H3. The minimum Gasteiger partial charge on any atom is -0.493 e. The van der Waals surface area contributed by atoms with Gasteiger partial charge in [-0.1, -0.05) is 57.3 Å². The van der Waals surface area contributed by atoms with E-state index in [1.54, 1.807) is 55.8 Å². The molecule has 0 radical (unpaired) electrons. The van der Waals surface area contributed by atoms with Crippen molar-refractivity contribution in [3.63, 3.8) is 0 Å². The minimum absolute atomic E-state index is 0.274. The highest BCUT2D eigenvalue weighted by atomic mass is 79.9.